The summed E-state index contributed by atoms with van der Waals surface area (Å²) in [5.74, 6) is 5.41. The molecule has 1 aromatic heterocycles. The van der Waals surface area contributed by atoms with E-state index in [0.29, 0.717) is 73.5 Å². The Hall–Kier alpha value is -14.6. The largest absolute Gasteiger partial charge is 0.457 e. The third kappa shape index (κ3) is 16.2. The summed E-state index contributed by atoms with van der Waals surface area (Å²) in [4.78, 5) is 5.06. The van der Waals surface area contributed by atoms with Gasteiger partial charge in [-0.1, -0.05) is 346 Å². The van der Waals surface area contributed by atoms with Crippen LogP contribution in [-0.4, -0.2) is 11.3 Å². The fourth-order valence-corrected chi connectivity index (χ4v) is 18.6. The van der Waals surface area contributed by atoms with Gasteiger partial charge in [0.2, 0.25) is 0 Å². The number of fused-ring (bicyclic) bond motifs is 7. The van der Waals surface area contributed by atoms with Crippen molar-refractivity contribution in [3.63, 3.8) is 0 Å². The molecule has 0 saturated heterocycles. The number of hydrogen-bond donors (Lipinski definition) is 0. The maximum atomic E-state index is 10.5. The molecule has 17 aromatic carbocycles. The fraction of sp³-hybridized carbons (Fsp3) is 0.164. The monoisotopic (exact) mass is 1690 g/mol. The predicted molar refractivity (Wildman–Crippen MR) is 547 cm³/mol. The lowest BCUT2D eigenvalue weighted by atomic mass is 9.33. The molecule has 0 unspecified atom stereocenters. The van der Waals surface area contributed by atoms with Crippen LogP contribution in [0, 0.1) is 0 Å². The van der Waals surface area contributed by atoms with Crippen LogP contribution in [0.2, 0.25) is 0 Å². The van der Waals surface area contributed by atoms with E-state index in [4.69, 9.17) is 18.9 Å². The third-order valence-electron chi connectivity index (χ3n) is 25.6. The highest BCUT2D eigenvalue weighted by atomic mass is 16.5. The maximum absolute atomic E-state index is 10.5. The van der Waals surface area contributed by atoms with Gasteiger partial charge in [-0.2, -0.15) is 0 Å². The van der Waals surface area contributed by atoms with E-state index in [1.54, 1.807) is 0 Å². The van der Waals surface area contributed by atoms with Gasteiger partial charge in [0.1, 0.15) is 46.0 Å². The first-order valence-corrected chi connectivity index (χ1v) is 45.3. The molecule has 2 aliphatic heterocycles. The molecule has 0 aliphatic carbocycles. The van der Waals surface area contributed by atoms with E-state index in [-0.39, 0.29) is 51.2 Å². The number of benzene rings is 17. The number of para-hydroxylation sites is 7. The number of hydrogen-bond acceptors (Lipinski definition) is 6. The van der Waals surface area contributed by atoms with Crippen molar-refractivity contribution in [2.24, 2.45) is 0 Å². The van der Waals surface area contributed by atoms with Crippen molar-refractivity contribution in [1.29, 1.82) is 0 Å². The van der Waals surface area contributed by atoms with Gasteiger partial charge in [0.05, 0.1) is 33.6 Å². The summed E-state index contributed by atoms with van der Waals surface area (Å²) >= 11 is 0. The molecule has 0 radical (unpaired) electrons. The molecular formula is C122H108BN3O4. The zero-order valence-electron chi connectivity index (χ0n) is 80.6. The first-order valence-electron chi connectivity index (χ1n) is 47.3. The van der Waals surface area contributed by atoms with Crippen molar-refractivity contribution in [3.8, 4) is 118 Å². The summed E-state index contributed by atoms with van der Waals surface area (Å²) in [5.41, 5.74) is 26.1. The van der Waals surface area contributed by atoms with E-state index in [9.17, 15) is 5.48 Å². The highest BCUT2D eigenvalue weighted by Gasteiger charge is 2.47. The molecule has 3 heterocycles. The van der Waals surface area contributed by atoms with Crippen LogP contribution in [0.5, 0.6) is 46.0 Å². The lowest BCUT2D eigenvalue weighted by molar-refractivity contribution is 0.482. The third-order valence-corrected chi connectivity index (χ3v) is 25.6. The van der Waals surface area contributed by atoms with E-state index < -0.39 is 6.71 Å². The lowest BCUT2D eigenvalue weighted by Gasteiger charge is -2.46. The molecule has 0 fully saturated rings. The zero-order valence-corrected chi connectivity index (χ0v) is 76.6. The molecule has 0 N–H and O–H groups in total. The van der Waals surface area contributed by atoms with Crippen molar-refractivity contribution in [1.82, 2.24) is 4.57 Å². The van der Waals surface area contributed by atoms with Gasteiger partial charge in [-0.15, -0.1) is 0 Å². The van der Waals surface area contributed by atoms with Gasteiger partial charge in [0, 0.05) is 55.8 Å². The summed E-state index contributed by atoms with van der Waals surface area (Å²) in [5, 5.41) is 1.13. The number of ether oxygens (including phenoxy) is 4. The minimum atomic E-state index is -0.571. The van der Waals surface area contributed by atoms with Gasteiger partial charge >= 0.3 is 0 Å². The van der Waals surface area contributed by atoms with Crippen molar-refractivity contribution >= 4 is 79.0 Å². The van der Waals surface area contributed by atoms with E-state index in [0.717, 1.165) is 123 Å². The predicted octanol–water partition coefficient (Wildman–Crippen LogP) is 32.5. The van der Waals surface area contributed by atoms with Crippen molar-refractivity contribution < 1.29 is 24.4 Å². The molecule has 0 spiro atoms. The highest BCUT2D eigenvalue weighted by Crippen LogP contribution is 2.56. The van der Waals surface area contributed by atoms with Crippen LogP contribution in [0.4, 0.5) is 34.1 Å². The topological polar surface area (TPSA) is 48.3 Å². The van der Waals surface area contributed by atoms with Gasteiger partial charge in [-0.25, -0.2) is 0 Å². The molecular weight excluding hydrogens is 1580 g/mol. The van der Waals surface area contributed by atoms with Gasteiger partial charge in [-0.05, 0) is 255 Å². The number of anilines is 6. The molecule has 638 valence electrons. The summed E-state index contributed by atoms with van der Waals surface area (Å²) in [6, 6.07) is 126. The first kappa shape index (κ1) is 78.9. The Bertz CT molecular complexity index is 7000. The Balaban J connectivity index is 0.994. The van der Waals surface area contributed by atoms with Crippen molar-refractivity contribution in [2.45, 2.75) is 131 Å². The SMILES string of the molecule is [2H]c1c([2H])c([2H])c2c(c1[2H])c1cc(C(C)(C)C)ccc1n2-c1cc2c3c(c1)N(c1c(-c4cccc(Oc5ccccc5)c4)cccc1-c1cccc(Oc4ccccc4)c1)c1ccc(-c4cc(C(C)(C)C)cc(C(C)(C)C)c4)cc1B3c1cc(-c3cc(C(C)(C)C)cc(C(C)(C)C)c3)ccc1N2c1c(-c2cccc(Oc3ccccc3)c2)cccc1-c1cccc(Oc2ccccc2)c1. The minimum Gasteiger partial charge on any atom is -0.457 e. The molecule has 2 aliphatic rings. The Morgan fingerprint density at radius 2 is 0.562 bits per heavy atom. The van der Waals surface area contributed by atoms with E-state index in [2.05, 4.69) is 331 Å². The number of rotatable bonds is 17. The Morgan fingerprint density at radius 3 is 0.900 bits per heavy atom. The first-order chi connectivity index (χ1) is 64.2. The van der Waals surface area contributed by atoms with Crippen LogP contribution in [0.15, 0.2) is 382 Å². The Kier molecular flexibility index (Phi) is 20.0. The summed E-state index contributed by atoms with van der Waals surface area (Å²) in [6.07, 6.45) is 0. The van der Waals surface area contributed by atoms with Crippen LogP contribution in [0.1, 0.15) is 137 Å². The second-order valence-corrected chi connectivity index (χ2v) is 39.9. The molecule has 18 aromatic rings. The molecule has 0 bridgehead atoms. The van der Waals surface area contributed by atoms with Crippen LogP contribution in [-0.2, 0) is 27.1 Å². The molecule has 0 saturated carbocycles. The Labute approximate surface area is 772 Å². The van der Waals surface area contributed by atoms with Crippen LogP contribution in [0.3, 0.4) is 0 Å². The van der Waals surface area contributed by atoms with E-state index in [1.165, 1.54) is 22.3 Å². The molecule has 0 atom stereocenters. The number of aromatic nitrogens is 1. The van der Waals surface area contributed by atoms with Crippen LogP contribution in [0.25, 0.3) is 94.3 Å². The summed E-state index contributed by atoms with van der Waals surface area (Å²) in [7, 11) is 0. The van der Waals surface area contributed by atoms with Crippen molar-refractivity contribution in [2.75, 3.05) is 9.80 Å². The average Bonchev–Trinajstić information content (AvgIpc) is 0.697. The molecule has 130 heavy (non-hydrogen) atoms. The standard InChI is InChI=1S/C122H108BN3O4/c1-118(2,3)87-60-63-110-106(76-87)105-52-28-29-57-109(105)124(110)92-77-113-115-114(78-92)126(117-103(83-38-32-50-99(70-83)129-95-44-24-18-25-45-95)55-35-56-104(117)84-39-33-51-100(71-84)130-96-46-26-19-27-47-96)112-62-59-80(86-66-90(121(10,11)12)75-91(67-86)122(13,14)15)73-108(112)123(115)107-72-79(85-64-88(119(4,5)6)74-89(65-85)120(7,8)9)58-61-111(107)125(113)116-101(81-36-30-48-97(68-81)127-93-40-20-16-21-41-93)53-34-54-102(116)82-37-31-49-98(69-82)128-94-42-22-17-23-43-94/h16-78H,1-15H3/i28D,29D,52D,57D. The second kappa shape index (κ2) is 32.9. The maximum Gasteiger partial charge on any atom is 0.252 e. The van der Waals surface area contributed by atoms with E-state index >= 15 is 0 Å². The fourth-order valence-electron chi connectivity index (χ4n) is 18.6. The van der Waals surface area contributed by atoms with Crippen molar-refractivity contribution in [3.05, 3.63) is 410 Å². The van der Waals surface area contributed by atoms with Gasteiger partial charge in [-0.3, -0.25) is 0 Å². The normalized spacial score (nSPS) is 13.1. The molecule has 20 rings (SSSR count). The average molecular weight is 1700 g/mol. The second-order valence-electron chi connectivity index (χ2n) is 39.9. The summed E-state index contributed by atoms with van der Waals surface area (Å²) < 4.78 is 70.0. The quantitative estimate of drug-likeness (QED) is 0.0847. The van der Waals surface area contributed by atoms with Gasteiger partial charge in [0.15, 0.2) is 0 Å². The zero-order chi connectivity index (χ0) is 93.2. The molecule has 8 heteroatoms. The smallest absolute Gasteiger partial charge is 0.252 e. The van der Waals surface area contributed by atoms with Crippen LogP contribution >= 0.6 is 0 Å². The van der Waals surface area contributed by atoms with E-state index in [1.807, 2.05) is 146 Å². The van der Waals surface area contributed by atoms with Crippen LogP contribution < -0.4 is 45.1 Å². The summed E-state index contributed by atoms with van der Waals surface area (Å²) in [6.45, 7) is 33.7. The minimum absolute atomic E-state index is 0.121. The number of nitrogens with zero attached hydrogens (tertiary/aromatic N) is 3. The molecule has 0 amide bonds. The molecule has 7 nitrogen and oxygen atoms in total. The van der Waals surface area contributed by atoms with Gasteiger partial charge in [0.25, 0.3) is 6.71 Å². The Morgan fingerprint density at radius 1 is 0.238 bits per heavy atom. The lowest BCUT2D eigenvalue weighted by Crippen LogP contribution is -2.61. The van der Waals surface area contributed by atoms with Gasteiger partial charge < -0.3 is 33.3 Å². The highest BCUT2D eigenvalue weighted by molar-refractivity contribution is 7.00.